The van der Waals surface area contributed by atoms with E-state index in [1.54, 1.807) is 6.07 Å². The smallest absolute Gasteiger partial charge is 0.494 e. The van der Waals surface area contributed by atoms with Crippen LogP contribution in [0.4, 0.5) is 13.2 Å². The number of nitrogens with zero attached hydrogens (tertiary/aromatic N) is 1. The largest absolute Gasteiger partial charge is 0.573 e. The molecule has 0 spiro atoms. The van der Waals surface area contributed by atoms with E-state index in [-0.39, 0.29) is 17.4 Å². The molecule has 0 saturated carbocycles. The molecule has 2 aromatic carbocycles. The van der Waals surface area contributed by atoms with Crippen LogP contribution in [0.3, 0.4) is 0 Å². The van der Waals surface area contributed by atoms with Crippen molar-refractivity contribution in [2.75, 3.05) is 18.9 Å². The summed E-state index contributed by atoms with van der Waals surface area (Å²) < 4.78 is 49.0. The van der Waals surface area contributed by atoms with E-state index < -0.39 is 6.36 Å². The number of aromatic nitrogens is 2. The van der Waals surface area contributed by atoms with Gasteiger partial charge in [-0.2, -0.15) is 0 Å². The van der Waals surface area contributed by atoms with E-state index in [9.17, 15) is 18.0 Å². The fourth-order valence-corrected chi connectivity index (χ4v) is 5.51. The van der Waals surface area contributed by atoms with Crippen molar-refractivity contribution in [2.24, 2.45) is 0 Å². The molecule has 0 aliphatic carbocycles. The highest BCUT2D eigenvalue weighted by atomic mass is 32.2. The maximum absolute atomic E-state index is 12.6. The van der Waals surface area contributed by atoms with Crippen LogP contribution in [0, 0.1) is 6.92 Å². The third kappa shape index (κ3) is 5.95. The van der Waals surface area contributed by atoms with Crippen molar-refractivity contribution in [3.05, 3.63) is 47.7 Å². The van der Waals surface area contributed by atoms with Gasteiger partial charge in [0.1, 0.15) is 11.5 Å². The lowest BCUT2D eigenvalue weighted by molar-refractivity contribution is -0.274. The highest BCUT2D eigenvalue weighted by Gasteiger charge is 2.31. The van der Waals surface area contributed by atoms with Crippen LogP contribution in [-0.2, 0) is 11.2 Å². The third-order valence-corrected chi connectivity index (χ3v) is 7.16. The van der Waals surface area contributed by atoms with Crippen LogP contribution in [-0.4, -0.2) is 41.1 Å². The number of benzene rings is 2. The number of hydrogen-bond donors (Lipinski definition) is 2. The molecule has 0 aliphatic heterocycles. The average molecular weight is 510 g/mol. The fraction of sp³-hybridized carbons (Fsp3) is 0.304. The number of carbonyl (C=O) groups is 1. The number of nitrogens with one attached hydrogen (secondary N) is 2. The van der Waals surface area contributed by atoms with Gasteiger partial charge in [-0.05, 0) is 62.2 Å². The highest BCUT2D eigenvalue weighted by Crippen LogP contribution is 2.32. The maximum Gasteiger partial charge on any atom is 0.573 e. The van der Waals surface area contributed by atoms with Crippen molar-refractivity contribution >= 4 is 50.1 Å². The van der Waals surface area contributed by atoms with Gasteiger partial charge >= 0.3 is 6.36 Å². The number of ether oxygens (including phenoxy) is 2. The van der Waals surface area contributed by atoms with Gasteiger partial charge in [-0.15, -0.1) is 24.5 Å². The molecule has 11 heteroatoms. The molecule has 0 aliphatic rings. The Bertz CT molecular complexity index is 1320. The van der Waals surface area contributed by atoms with Gasteiger partial charge in [0.05, 0.1) is 22.6 Å². The quantitative estimate of drug-likeness (QED) is 0.278. The first kappa shape index (κ1) is 24.2. The topological polar surface area (TPSA) is 76.2 Å². The molecular formula is C23H22F3N3O3S2. The molecule has 0 bridgehead atoms. The van der Waals surface area contributed by atoms with E-state index in [4.69, 9.17) is 4.74 Å². The van der Waals surface area contributed by atoms with Crippen molar-refractivity contribution in [1.29, 1.82) is 0 Å². The number of amides is 1. The number of hydrogen-bond acceptors (Lipinski definition) is 6. The van der Waals surface area contributed by atoms with E-state index in [0.717, 1.165) is 31.6 Å². The number of aromatic amines is 1. The van der Waals surface area contributed by atoms with E-state index in [1.807, 2.05) is 32.0 Å². The van der Waals surface area contributed by atoms with Gasteiger partial charge in [0.2, 0.25) is 5.91 Å². The minimum Gasteiger partial charge on any atom is -0.494 e. The minimum atomic E-state index is -4.75. The number of alkyl halides is 3. The summed E-state index contributed by atoms with van der Waals surface area (Å²) in [5, 5.41) is 3.51. The van der Waals surface area contributed by atoms with Crippen LogP contribution in [0.25, 0.3) is 21.1 Å². The van der Waals surface area contributed by atoms with Crippen LogP contribution in [0.2, 0.25) is 0 Å². The molecule has 4 aromatic rings. The highest BCUT2D eigenvalue weighted by molar-refractivity contribution is 8.01. The summed E-state index contributed by atoms with van der Waals surface area (Å²) in [7, 11) is 0. The Labute approximate surface area is 201 Å². The van der Waals surface area contributed by atoms with Crippen molar-refractivity contribution in [1.82, 2.24) is 15.3 Å². The summed E-state index contributed by atoms with van der Waals surface area (Å²) in [5.74, 6) is 0.592. The van der Waals surface area contributed by atoms with Crippen molar-refractivity contribution in [3.8, 4) is 11.5 Å². The molecule has 0 saturated heterocycles. The van der Waals surface area contributed by atoms with E-state index in [0.29, 0.717) is 30.5 Å². The Morgan fingerprint density at radius 2 is 2.00 bits per heavy atom. The second-order valence-electron chi connectivity index (χ2n) is 7.41. The molecule has 180 valence electrons. The molecule has 0 atom stereocenters. The van der Waals surface area contributed by atoms with E-state index in [2.05, 4.69) is 20.0 Å². The van der Waals surface area contributed by atoms with Gasteiger partial charge in [-0.1, -0.05) is 11.8 Å². The van der Waals surface area contributed by atoms with Crippen LogP contribution >= 0.6 is 23.1 Å². The number of fused-ring (bicyclic) bond motifs is 2. The molecule has 0 fully saturated rings. The number of rotatable bonds is 9. The molecule has 2 N–H and O–H groups in total. The SMILES string of the molecule is CCOc1ccc2nc(SCC(=O)NCCc3c(C)[nH]c4ccc(OC(F)(F)F)cc34)sc2c1. The lowest BCUT2D eigenvalue weighted by Gasteiger charge is -2.09. The van der Waals surface area contributed by atoms with Crippen LogP contribution in [0.15, 0.2) is 40.7 Å². The second kappa shape index (κ2) is 10.1. The van der Waals surface area contributed by atoms with Crippen molar-refractivity contribution < 1.29 is 27.4 Å². The number of thioether (sulfide) groups is 1. The molecule has 2 aromatic heterocycles. The first-order chi connectivity index (χ1) is 16.2. The van der Waals surface area contributed by atoms with Crippen LogP contribution < -0.4 is 14.8 Å². The first-order valence-corrected chi connectivity index (χ1v) is 12.3. The number of H-pyrrole nitrogens is 1. The zero-order valence-electron chi connectivity index (χ0n) is 18.4. The summed E-state index contributed by atoms with van der Waals surface area (Å²) in [6, 6.07) is 9.90. The first-order valence-electron chi connectivity index (χ1n) is 10.5. The molecule has 1 amide bonds. The van der Waals surface area contributed by atoms with Crippen LogP contribution in [0.5, 0.6) is 11.5 Å². The standard InChI is InChI=1S/C23H22F3N3O3S2/c1-3-31-14-4-7-19-20(11-14)34-22(29-19)33-12-21(30)27-9-8-16-13(2)28-18-6-5-15(10-17(16)18)32-23(24,25)26/h4-7,10-11,28H,3,8-9,12H2,1-2H3,(H,27,30). The third-order valence-electron chi connectivity index (χ3n) is 5.00. The Morgan fingerprint density at radius 3 is 2.76 bits per heavy atom. The summed E-state index contributed by atoms with van der Waals surface area (Å²) in [6.45, 7) is 4.72. The summed E-state index contributed by atoms with van der Waals surface area (Å²) in [5.41, 5.74) is 3.25. The van der Waals surface area contributed by atoms with E-state index >= 15 is 0 Å². The predicted octanol–water partition coefficient (Wildman–Crippen LogP) is 5.83. The molecule has 0 unspecified atom stereocenters. The van der Waals surface area contributed by atoms with Gasteiger partial charge in [0.15, 0.2) is 4.34 Å². The Kier molecular flexibility index (Phi) is 7.22. The number of thiazole rings is 1. The minimum absolute atomic E-state index is 0.141. The summed E-state index contributed by atoms with van der Waals surface area (Å²) in [6.07, 6.45) is -4.28. The van der Waals surface area contributed by atoms with Gasteiger partial charge in [0.25, 0.3) is 0 Å². The Balaban J connectivity index is 1.32. The van der Waals surface area contributed by atoms with Crippen molar-refractivity contribution in [3.63, 3.8) is 0 Å². The predicted molar refractivity (Wildman–Crippen MR) is 128 cm³/mol. The zero-order valence-corrected chi connectivity index (χ0v) is 20.0. The number of aryl methyl sites for hydroxylation is 1. The maximum atomic E-state index is 12.6. The molecule has 6 nitrogen and oxygen atoms in total. The van der Waals surface area contributed by atoms with Crippen LogP contribution in [0.1, 0.15) is 18.2 Å². The molecule has 4 rings (SSSR count). The van der Waals surface area contributed by atoms with Gasteiger partial charge in [-0.25, -0.2) is 4.98 Å². The monoisotopic (exact) mass is 509 g/mol. The molecular weight excluding hydrogens is 487 g/mol. The van der Waals surface area contributed by atoms with Crippen molar-refractivity contribution in [2.45, 2.75) is 31.0 Å². The summed E-state index contributed by atoms with van der Waals surface area (Å²) in [4.78, 5) is 20.0. The van der Waals surface area contributed by atoms with E-state index in [1.165, 1.54) is 35.2 Å². The summed E-state index contributed by atoms with van der Waals surface area (Å²) >= 11 is 2.87. The van der Waals surface area contributed by atoms with Gasteiger partial charge in [0, 0.05) is 23.1 Å². The fourth-order valence-electron chi connectivity index (χ4n) is 3.59. The number of carbonyl (C=O) groups excluding carboxylic acids is 1. The normalized spacial score (nSPS) is 11.8. The lowest BCUT2D eigenvalue weighted by atomic mass is 10.1. The Hall–Kier alpha value is -2.92. The average Bonchev–Trinajstić information content (AvgIpc) is 3.31. The van der Waals surface area contributed by atoms with Gasteiger partial charge < -0.3 is 19.8 Å². The number of halogens is 3. The Morgan fingerprint density at radius 1 is 1.21 bits per heavy atom. The van der Waals surface area contributed by atoms with Gasteiger partial charge in [-0.3, -0.25) is 4.79 Å². The molecule has 2 heterocycles. The second-order valence-corrected chi connectivity index (χ2v) is 9.67. The molecule has 0 radical (unpaired) electrons. The lowest BCUT2D eigenvalue weighted by Crippen LogP contribution is -2.27. The zero-order chi connectivity index (χ0) is 24.3. The molecule has 34 heavy (non-hydrogen) atoms.